The van der Waals surface area contributed by atoms with Crippen LogP contribution in [-0.4, -0.2) is 30.0 Å². The fourth-order valence-electron chi connectivity index (χ4n) is 3.02. The summed E-state index contributed by atoms with van der Waals surface area (Å²) in [5.74, 6) is -0.960. The summed E-state index contributed by atoms with van der Waals surface area (Å²) in [6, 6.07) is 11.3. The molecule has 0 unspecified atom stereocenters. The minimum Gasteiger partial charge on any atom is -0.320 e. The first kappa shape index (κ1) is 19.6. The lowest BCUT2D eigenvalue weighted by Gasteiger charge is -2.08. The Morgan fingerprint density at radius 2 is 1.67 bits per heavy atom. The van der Waals surface area contributed by atoms with E-state index in [-0.39, 0.29) is 16.6 Å². The molecule has 0 atom stereocenters. The maximum Gasteiger partial charge on any atom is 0.275 e. The molecule has 4 rings (SSSR count). The van der Waals surface area contributed by atoms with E-state index in [0.29, 0.717) is 28.3 Å². The lowest BCUT2D eigenvalue weighted by molar-refractivity contribution is -0.110. The summed E-state index contributed by atoms with van der Waals surface area (Å²) in [7, 11) is -3.91. The van der Waals surface area contributed by atoms with Crippen LogP contribution in [0.25, 0.3) is 0 Å². The molecule has 0 radical (unpaired) electrons. The van der Waals surface area contributed by atoms with Crippen LogP contribution in [0.4, 0.5) is 21.7 Å². The minimum atomic E-state index is -3.91. The van der Waals surface area contributed by atoms with E-state index in [1.807, 2.05) is 0 Å². The van der Waals surface area contributed by atoms with Gasteiger partial charge in [-0.3, -0.25) is 4.79 Å². The van der Waals surface area contributed by atoms with Crippen molar-refractivity contribution in [2.75, 3.05) is 10.0 Å². The van der Waals surface area contributed by atoms with Gasteiger partial charge in [0, 0.05) is 17.0 Å². The molecule has 8 nitrogen and oxygen atoms in total. The molecule has 2 heterocycles. The highest BCUT2D eigenvalue weighted by Crippen LogP contribution is 2.27. The van der Waals surface area contributed by atoms with E-state index in [0.717, 1.165) is 0 Å². The van der Waals surface area contributed by atoms with Gasteiger partial charge in [-0.2, -0.15) is 0 Å². The van der Waals surface area contributed by atoms with Crippen molar-refractivity contribution >= 4 is 39.0 Å². The molecule has 0 fully saturated rings. The molecule has 10 heteroatoms. The van der Waals surface area contributed by atoms with Crippen LogP contribution in [0.2, 0.25) is 0 Å². The molecule has 0 bridgehead atoms. The second-order valence-electron chi connectivity index (χ2n) is 6.68. The first-order chi connectivity index (χ1) is 14.2. The second kappa shape index (κ2) is 7.30. The Morgan fingerprint density at radius 1 is 1.00 bits per heavy atom. The van der Waals surface area contributed by atoms with E-state index >= 15 is 0 Å². The zero-order valence-electron chi connectivity index (χ0n) is 16.0. The minimum absolute atomic E-state index is 0.0157. The number of aryl methyl sites for hydroxylation is 2. The van der Waals surface area contributed by atoms with Crippen LogP contribution in [0.1, 0.15) is 17.0 Å². The number of nitrogens with one attached hydrogen (secondary N) is 2. The maximum absolute atomic E-state index is 13.5. The van der Waals surface area contributed by atoms with Crippen LogP contribution in [0.3, 0.4) is 0 Å². The van der Waals surface area contributed by atoms with Crippen molar-refractivity contribution in [3.05, 3.63) is 71.3 Å². The Hall–Kier alpha value is -3.66. The lowest BCUT2D eigenvalue weighted by Crippen LogP contribution is -2.15. The number of carbonyl (C=O) groups is 1. The Balaban J connectivity index is 1.61. The Bertz CT molecular complexity index is 1280. The molecule has 1 aliphatic rings. The van der Waals surface area contributed by atoms with Crippen LogP contribution in [0.5, 0.6) is 0 Å². The van der Waals surface area contributed by atoms with Gasteiger partial charge in [0.25, 0.3) is 15.9 Å². The maximum atomic E-state index is 13.5. The predicted octanol–water partition coefficient (Wildman–Crippen LogP) is 3.11. The number of fused-ring (bicyclic) bond motifs is 1. The summed E-state index contributed by atoms with van der Waals surface area (Å²) < 4.78 is 41.1. The van der Waals surface area contributed by atoms with Crippen LogP contribution < -0.4 is 10.0 Å². The summed E-state index contributed by atoms with van der Waals surface area (Å²) in [6.45, 7) is 3.48. The van der Waals surface area contributed by atoms with E-state index in [9.17, 15) is 17.6 Å². The van der Waals surface area contributed by atoms with Gasteiger partial charge < -0.3 is 5.32 Å². The molecule has 0 aliphatic carbocycles. The van der Waals surface area contributed by atoms with Crippen LogP contribution in [0.15, 0.2) is 58.4 Å². The quantitative estimate of drug-likeness (QED) is 0.667. The molecule has 152 valence electrons. The summed E-state index contributed by atoms with van der Waals surface area (Å²) in [5.41, 5.74) is 2.50. The van der Waals surface area contributed by atoms with Gasteiger partial charge in [0.15, 0.2) is 0 Å². The number of benzene rings is 2. The molecule has 1 amide bonds. The molecule has 2 aromatic carbocycles. The number of rotatable bonds is 4. The third-order valence-electron chi connectivity index (χ3n) is 4.30. The Kier molecular flexibility index (Phi) is 4.78. The topological polar surface area (TPSA) is 113 Å². The van der Waals surface area contributed by atoms with Crippen LogP contribution >= 0.6 is 0 Å². The average molecular weight is 425 g/mol. The third-order valence-corrected chi connectivity index (χ3v) is 5.64. The van der Waals surface area contributed by atoms with E-state index < -0.39 is 21.7 Å². The lowest BCUT2D eigenvalue weighted by atomic mass is 10.1. The number of hydrogen-bond donors (Lipinski definition) is 2. The Morgan fingerprint density at radius 3 is 2.33 bits per heavy atom. The highest BCUT2D eigenvalue weighted by molar-refractivity contribution is 7.92. The van der Waals surface area contributed by atoms with E-state index in [1.165, 1.54) is 42.5 Å². The molecule has 1 aromatic heterocycles. The molecular weight excluding hydrogens is 409 g/mol. The third kappa shape index (κ3) is 3.90. The van der Waals surface area contributed by atoms with Crippen molar-refractivity contribution in [2.24, 2.45) is 4.99 Å². The zero-order valence-corrected chi connectivity index (χ0v) is 16.8. The number of nitrogens with zero attached hydrogens (tertiary/aromatic N) is 3. The van der Waals surface area contributed by atoms with Gasteiger partial charge >= 0.3 is 0 Å². The van der Waals surface area contributed by atoms with Crippen molar-refractivity contribution in [3.8, 4) is 0 Å². The van der Waals surface area contributed by atoms with Crippen molar-refractivity contribution in [1.82, 2.24) is 9.97 Å². The normalized spacial score (nSPS) is 14.5. The van der Waals surface area contributed by atoms with Gasteiger partial charge in [-0.25, -0.2) is 32.5 Å². The van der Waals surface area contributed by atoms with Crippen molar-refractivity contribution in [1.29, 1.82) is 0 Å². The van der Waals surface area contributed by atoms with Crippen molar-refractivity contribution in [2.45, 2.75) is 18.7 Å². The van der Waals surface area contributed by atoms with E-state index in [2.05, 4.69) is 25.0 Å². The number of amides is 1. The highest BCUT2D eigenvalue weighted by Gasteiger charge is 2.26. The van der Waals surface area contributed by atoms with Gasteiger partial charge in [-0.05, 0) is 62.4 Å². The number of aromatic nitrogens is 2. The largest absolute Gasteiger partial charge is 0.320 e. The smallest absolute Gasteiger partial charge is 0.275 e. The van der Waals surface area contributed by atoms with Crippen LogP contribution in [-0.2, 0) is 14.8 Å². The first-order valence-electron chi connectivity index (χ1n) is 8.86. The van der Waals surface area contributed by atoms with Crippen molar-refractivity contribution in [3.63, 3.8) is 0 Å². The summed E-state index contributed by atoms with van der Waals surface area (Å²) >= 11 is 0. The number of halogens is 1. The molecule has 0 saturated heterocycles. The van der Waals surface area contributed by atoms with Gasteiger partial charge in [0.2, 0.25) is 5.95 Å². The number of sulfonamides is 1. The molecule has 30 heavy (non-hydrogen) atoms. The summed E-state index contributed by atoms with van der Waals surface area (Å²) in [6.07, 6.45) is 0. The fraction of sp³-hybridized carbons (Fsp3) is 0.100. The van der Waals surface area contributed by atoms with E-state index in [1.54, 1.807) is 19.9 Å². The van der Waals surface area contributed by atoms with Crippen LogP contribution in [0, 0.1) is 19.7 Å². The monoisotopic (exact) mass is 425 g/mol. The SMILES string of the molecule is Cc1cc(C)nc(NS(=O)(=O)c2ccc(N=C3C(=O)Nc4ccc(F)cc43)cc2)n1. The first-order valence-corrected chi connectivity index (χ1v) is 10.3. The average Bonchev–Trinajstić information content (AvgIpc) is 2.96. The van der Waals surface area contributed by atoms with Gasteiger partial charge in [-0.15, -0.1) is 0 Å². The summed E-state index contributed by atoms with van der Waals surface area (Å²) in [4.78, 5) is 24.5. The van der Waals surface area contributed by atoms with E-state index in [4.69, 9.17) is 0 Å². The van der Waals surface area contributed by atoms with Gasteiger partial charge in [0.1, 0.15) is 11.5 Å². The number of carbonyl (C=O) groups excluding carboxylic acids is 1. The molecular formula is C20H16FN5O3S. The predicted molar refractivity (Wildman–Crippen MR) is 110 cm³/mol. The molecule has 3 aromatic rings. The fourth-order valence-corrected chi connectivity index (χ4v) is 3.96. The molecule has 1 aliphatic heterocycles. The molecule has 0 spiro atoms. The van der Waals surface area contributed by atoms with Crippen molar-refractivity contribution < 1.29 is 17.6 Å². The summed E-state index contributed by atoms with van der Waals surface area (Å²) in [5, 5.41) is 2.61. The number of aliphatic imine (C=N–C) groups is 1. The number of hydrogen-bond acceptors (Lipinski definition) is 6. The second-order valence-corrected chi connectivity index (χ2v) is 8.36. The molecule has 0 saturated carbocycles. The highest BCUT2D eigenvalue weighted by atomic mass is 32.2. The molecule has 2 N–H and O–H groups in total. The zero-order chi connectivity index (χ0) is 21.5. The standard InChI is InChI=1S/C20H16FN5O3S/c1-11-9-12(2)23-20(22-11)26-30(28,29)15-6-4-14(5-7-15)24-18-16-10-13(21)3-8-17(16)25-19(18)27/h3-10H,1-2H3,(H,22,23,26)(H,24,25,27). The Labute approximate surface area is 172 Å². The van der Waals surface area contributed by atoms with Gasteiger partial charge in [-0.1, -0.05) is 0 Å². The van der Waals surface area contributed by atoms with Gasteiger partial charge in [0.05, 0.1) is 16.3 Å². The number of anilines is 2.